The molecule has 0 spiro atoms. The van der Waals surface area contributed by atoms with Crippen LogP contribution in [0.2, 0.25) is 0 Å². The van der Waals surface area contributed by atoms with Crippen molar-refractivity contribution in [3.63, 3.8) is 0 Å². The second kappa shape index (κ2) is 8.03. The van der Waals surface area contributed by atoms with Crippen LogP contribution in [0.15, 0.2) is 108 Å². The van der Waals surface area contributed by atoms with Crippen molar-refractivity contribution < 1.29 is 11.3 Å². The van der Waals surface area contributed by atoms with Crippen LogP contribution < -0.4 is 0 Å². The minimum absolute atomic E-state index is 0.224. The van der Waals surface area contributed by atoms with Gasteiger partial charge >= 0.3 is 0 Å². The van der Waals surface area contributed by atoms with Crippen LogP contribution in [-0.4, -0.2) is 9.97 Å². The Labute approximate surface area is 199 Å². The lowest BCUT2D eigenvalue weighted by Gasteiger charge is -2.08. The zero-order chi connectivity index (χ0) is 26.5. The average molecular weight is 432 g/mol. The summed E-state index contributed by atoms with van der Waals surface area (Å²) in [5, 5.41) is 0.701. The van der Waals surface area contributed by atoms with Gasteiger partial charge in [0, 0.05) is 41.6 Å². The highest BCUT2D eigenvalue weighted by Gasteiger charge is 2.12. The van der Waals surface area contributed by atoms with Gasteiger partial charge in [-0.05, 0) is 59.9 Å². The highest BCUT2D eigenvalue weighted by molar-refractivity contribution is 6.03. The first-order chi connectivity index (χ1) is 18.2. The number of rotatable bonds is 4. The van der Waals surface area contributed by atoms with Gasteiger partial charge in [-0.3, -0.25) is 4.98 Å². The van der Waals surface area contributed by atoms with E-state index in [4.69, 9.17) is 11.3 Å². The van der Waals surface area contributed by atoms with Crippen molar-refractivity contribution in [2.75, 3.05) is 0 Å². The van der Waals surface area contributed by atoms with Gasteiger partial charge in [0.1, 0.15) is 11.1 Å². The Bertz CT molecular complexity index is 1780. The second-order valence-corrected chi connectivity index (χ2v) is 7.83. The number of hydrogen-bond acceptors (Lipinski definition) is 3. The molecule has 0 aliphatic rings. The van der Waals surface area contributed by atoms with Crippen LogP contribution in [0.4, 0.5) is 0 Å². The Hall–Kier alpha value is -4.24. The molecule has 0 radical (unpaired) electrons. The molecule has 0 aliphatic heterocycles. The number of furan rings is 1. The van der Waals surface area contributed by atoms with Crippen LogP contribution >= 0.6 is 0 Å². The van der Waals surface area contributed by atoms with Crippen molar-refractivity contribution in [3.8, 4) is 22.4 Å². The third-order valence-electron chi connectivity index (χ3n) is 5.64. The lowest BCUT2D eigenvalue weighted by atomic mass is 10.0. The molecule has 158 valence electrons. The number of nitrogens with zero attached hydrogens (tertiary/aromatic N) is 2. The molecule has 3 aromatic heterocycles. The molecule has 0 fully saturated rings. The van der Waals surface area contributed by atoms with Gasteiger partial charge in [0.05, 0.1) is 5.69 Å². The highest BCUT2D eigenvalue weighted by Crippen LogP contribution is 2.32. The van der Waals surface area contributed by atoms with Gasteiger partial charge in [-0.15, -0.1) is 0 Å². The fourth-order valence-electron chi connectivity index (χ4n) is 4.00. The summed E-state index contributed by atoms with van der Waals surface area (Å²) in [6.45, 7) is -2.32. The molecule has 0 amide bonds. The zero-order valence-corrected chi connectivity index (χ0v) is 17.6. The Kier molecular flexibility index (Phi) is 3.59. The van der Waals surface area contributed by atoms with Crippen molar-refractivity contribution in [1.82, 2.24) is 9.97 Å². The minimum Gasteiger partial charge on any atom is -0.454 e. The molecule has 6 rings (SSSR count). The number of aromatic nitrogens is 2. The van der Waals surface area contributed by atoms with Crippen LogP contribution in [0.5, 0.6) is 0 Å². The largest absolute Gasteiger partial charge is 0.454 e. The maximum absolute atomic E-state index is 8.70. The summed E-state index contributed by atoms with van der Waals surface area (Å²) in [6, 6.07) is 28.8. The fourth-order valence-corrected chi connectivity index (χ4v) is 4.00. The van der Waals surface area contributed by atoms with Crippen molar-refractivity contribution in [1.29, 1.82) is 0 Å². The molecule has 33 heavy (non-hydrogen) atoms. The summed E-state index contributed by atoms with van der Waals surface area (Å²) in [5.74, 6) is 0. The highest BCUT2D eigenvalue weighted by atomic mass is 16.3. The van der Waals surface area contributed by atoms with E-state index in [9.17, 15) is 0 Å². The van der Waals surface area contributed by atoms with E-state index in [1.54, 1.807) is 54.7 Å². The number of fused-ring (bicyclic) bond motifs is 3. The lowest BCUT2D eigenvalue weighted by molar-refractivity contribution is 0.668. The number of aryl methyl sites for hydroxylation is 1. The molecular formula is C30H22N2O. The molecule has 0 aliphatic carbocycles. The predicted molar refractivity (Wildman–Crippen MR) is 134 cm³/mol. The van der Waals surface area contributed by atoms with Crippen molar-refractivity contribution in [3.05, 3.63) is 120 Å². The molecule has 3 nitrogen and oxygen atoms in total. The van der Waals surface area contributed by atoms with E-state index >= 15 is 0 Å². The number of benzene rings is 3. The molecular weight excluding hydrogens is 404 g/mol. The van der Waals surface area contributed by atoms with Crippen LogP contribution in [-0.2, 0) is 6.37 Å². The standard InChI is InChI=1S/C30H22N2O/c1-20-16-27(31-19-26(20)22-10-6-3-7-11-22)23-12-14-28-25(18-23)30-29(33-28)15-13-24(32-30)17-21-8-4-2-5-9-21/h2-16,18-19H,17H2,1H3/i1D3,17D2. The van der Waals surface area contributed by atoms with Gasteiger partial charge in [-0.25, -0.2) is 4.98 Å². The van der Waals surface area contributed by atoms with E-state index in [2.05, 4.69) is 9.97 Å². The molecule has 0 N–H and O–H groups in total. The van der Waals surface area contributed by atoms with E-state index in [0.29, 0.717) is 44.5 Å². The Morgan fingerprint density at radius 3 is 2.42 bits per heavy atom. The second-order valence-electron chi connectivity index (χ2n) is 7.83. The van der Waals surface area contributed by atoms with Gasteiger partial charge in [0.25, 0.3) is 0 Å². The molecule has 3 heteroatoms. The van der Waals surface area contributed by atoms with E-state index in [0.717, 1.165) is 5.56 Å². The first-order valence-electron chi connectivity index (χ1n) is 13.2. The van der Waals surface area contributed by atoms with Crippen LogP contribution in [0.1, 0.15) is 23.7 Å². The van der Waals surface area contributed by atoms with Crippen molar-refractivity contribution >= 4 is 22.1 Å². The van der Waals surface area contributed by atoms with E-state index in [1.165, 1.54) is 0 Å². The first kappa shape index (κ1) is 14.8. The van der Waals surface area contributed by atoms with E-state index in [1.807, 2.05) is 48.5 Å². The van der Waals surface area contributed by atoms with Crippen molar-refractivity contribution in [2.45, 2.75) is 13.2 Å². The minimum atomic E-state index is -2.32. The fraction of sp³-hybridized carbons (Fsp3) is 0.0667. The molecule has 0 saturated carbocycles. The Morgan fingerprint density at radius 1 is 0.818 bits per heavy atom. The predicted octanol–water partition coefficient (Wildman–Crippen LogP) is 7.61. The monoisotopic (exact) mass is 431 g/mol. The maximum Gasteiger partial charge on any atom is 0.153 e. The Morgan fingerprint density at radius 2 is 1.61 bits per heavy atom. The van der Waals surface area contributed by atoms with Crippen LogP contribution in [0, 0.1) is 6.85 Å². The molecule has 0 bridgehead atoms. The molecule has 6 aromatic rings. The summed E-state index contributed by atoms with van der Waals surface area (Å²) in [7, 11) is 0. The van der Waals surface area contributed by atoms with Gasteiger partial charge in [0.2, 0.25) is 0 Å². The topological polar surface area (TPSA) is 38.9 Å². The third kappa shape index (κ3) is 3.68. The molecule has 0 saturated heterocycles. The smallest absolute Gasteiger partial charge is 0.153 e. The van der Waals surface area contributed by atoms with E-state index < -0.39 is 13.2 Å². The normalized spacial score (nSPS) is 14.4. The van der Waals surface area contributed by atoms with Crippen molar-refractivity contribution in [2.24, 2.45) is 0 Å². The number of pyridine rings is 2. The Balaban J connectivity index is 1.48. The van der Waals surface area contributed by atoms with Gasteiger partial charge in [-0.2, -0.15) is 0 Å². The van der Waals surface area contributed by atoms with E-state index in [-0.39, 0.29) is 11.3 Å². The third-order valence-corrected chi connectivity index (χ3v) is 5.64. The quantitative estimate of drug-likeness (QED) is 0.288. The first-order valence-corrected chi connectivity index (χ1v) is 10.7. The van der Waals surface area contributed by atoms with Crippen LogP contribution in [0.3, 0.4) is 0 Å². The van der Waals surface area contributed by atoms with Crippen LogP contribution in [0.25, 0.3) is 44.5 Å². The summed E-state index contributed by atoms with van der Waals surface area (Å²) in [4.78, 5) is 9.28. The maximum atomic E-state index is 8.70. The van der Waals surface area contributed by atoms with Gasteiger partial charge in [0.15, 0.2) is 5.58 Å². The molecule has 3 aromatic carbocycles. The SMILES string of the molecule is [2H]C([2H])([2H])c1cc(-c2ccc3oc4ccc(C([2H])([2H])c5ccccc5)nc4c3c2)ncc1-c1ccccc1. The number of hydrogen-bond donors (Lipinski definition) is 0. The molecule has 3 heterocycles. The van der Waals surface area contributed by atoms with Gasteiger partial charge in [-0.1, -0.05) is 60.7 Å². The average Bonchev–Trinajstić information content (AvgIpc) is 3.30. The summed E-state index contributed by atoms with van der Waals surface area (Å²) >= 11 is 0. The summed E-state index contributed by atoms with van der Waals surface area (Å²) < 4.78 is 47.8. The molecule has 0 unspecified atom stereocenters. The zero-order valence-electron chi connectivity index (χ0n) is 22.6. The van der Waals surface area contributed by atoms with Gasteiger partial charge < -0.3 is 4.42 Å². The summed E-state index contributed by atoms with van der Waals surface area (Å²) in [6.07, 6.45) is -0.186. The lowest BCUT2D eigenvalue weighted by Crippen LogP contribution is -1.92. The summed E-state index contributed by atoms with van der Waals surface area (Å²) in [5.41, 5.74) is 5.28. The molecule has 0 atom stereocenters.